The molecule has 0 aliphatic carbocycles. The molecule has 0 spiro atoms. The number of nitrogens with two attached hydrogens (primary N) is 1. The van der Waals surface area contributed by atoms with Crippen molar-refractivity contribution in [1.82, 2.24) is 4.57 Å². The van der Waals surface area contributed by atoms with E-state index in [1.807, 2.05) is 0 Å². The van der Waals surface area contributed by atoms with Crippen LogP contribution in [0.25, 0.3) is 0 Å². The Kier molecular flexibility index (Phi) is 4.34. The number of aromatic nitrogens is 1. The number of sulfone groups is 1. The van der Waals surface area contributed by atoms with E-state index in [1.165, 1.54) is 4.57 Å². The average molecular weight is 272 g/mol. The number of hydrogen-bond donors (Lipinski definition) is 1. The molecule has 0 radical (unpaired) electrons. The molecule has 0 aromatic carbocycles. The summed E-state index contributed by atoms with van der Waals surface area (Å²) < 4.78 is 24.5. The first-order chi connectivity index (χ1) is 8.19. The molecule has 0 unspecified atom stereocenters. The molecular formula is C12H20N2O3S. The molecule has 0 aliphatic rings. The van der Waals surface area contributed by atoms with Crippen LogP contribution in [0.2, 0.25) is 0 Å². The Balaban J connectivity index is 2.92. The molecule has 6 heteroatoms. The second kappa shape index (κ2) is 5.24. The molecular weight excluding hydrogens is 252 g/mol. The van der Waals surface area contributed by atoms with Crippen LogP contribution in [0.1, 0.15) is 26.3 Å². The van der Waals surface area contributed by atoms with Gasteiger partial charge in [0, 0.05) is 24.8 Å². The van der Waals surface area contributed by atoms with Crippen LogP contribution in [-0.2, 0) is 22.9 Å². The zero-order valence-corrected chi connectivity index (χ0v) is 11.8. The van der Waals surface area contributed by atoms with Gasteiger partial charge in [0.2, 0.25) is 0 Å². The molecule has 1 aromatic rings. The predicted molar refractivity (Wildman–Crippen MR) is 72.1 cm³/mol. The first kappa shape index (κ1) is 14.9. The quantitative estimate of drug-likeness (QED) is 0.866. The molecule has 0 aliphatic heterocycles. The van der Waals surface area contributed by atoms with Crippen molar-refractivity contribution in [2.24, 2.45) is 5.73 Å². The summed E-state index contributed by atoms with van der Waals surface area (Å²) in [5.74, 6) is -0.0512. The van der Waals surface area contributed by atoms with Crippen molar-refractivity contribution in [2.75, 3.05) is 5.75 Å². The average Bonchev–Trinajstić information content (AvgIpc) is 2.26. The van der Waals surface area contributed by atoms with Gasteiger partial charge >= 0.3 is 0 Å². The van der Waals surface area contributed by atoms with E-state index in [0.29, 0.717) is 5.56 Å². The smallest absolute Gasteiger partial charge is 0.255 e. The fourth-order valence-electron chi connectivity index (χ4n) is 1.44. The molecule has 5 nitrogen and oxygen atoms in total. The molecule has 0 saturated carbocycles. The second-order valence-corrected chi connectivity index (χ2v) is 8.03. The number of nitrogens with zero attached hydrogens (tertiary/aromatic N) is 1. The van der Waals surface area contributed by atoms with Crippen LogP contribution in [0.4, 0.5) is 0 Å². The van der Waals surface area contributed by atoms with E-state index in [9.17, 15) is 13.2 Å². The molecule has 18 heavy (non-hydrogen) atoms. The van der Waals surface area contributed by atoms with E-state index in [-0.39, 0.29) is 24.4 Å². The molecule has 0 saturated heterocycles. The highest BCUT2D eigenvalue weighted by Crippen LogP contribution is 2.15. The van der Waals surface area contributed by atoms with Crippen LogP contribution in [0.5, 0.6) is 0 Å². The number of pyridine rings is 1. The summed E-state index contributed by atoms with van der Waals surface area (Å²) in [6, 6.07) is 3.35. The SMILES string of the molecule is CC(C)(C)S(=O)(=O)CCn1cccc(CN)c1=O. The number of rotatable bonds is 4. The van der Waals surface area contributed by atoms with Crippen molar-refractivity contribution < 1.29 is 8.42 Å². The standard InChI is InChI=1S/C12H20N2O3S/c1-12(2,3)18(16,17)8-7-14-6-4-5-10(9-13)11(14)15/h4-6H,7-9,13H2,1-3H3. The third kappa shape index (κ3) is 3.20. The zero-order chi connectivity index (χ0) is 14.0. The van der Waals surface area contributed by atoms with Gasteiger partial charge in [-0.1, -0.05) is 6.07 Å². The minimum atomic E-state index is -3.22. The van der Waals surface area contributed by atoms with Gasteiger partial charge in [0.25, 0.3) is 5.56 Å². The summed E-state index contributed by atoms with van der Waals surface area (Å²) in [6.45, 7) is 5.28. The lowest BCUT2D eigenvalue weighted by Gasteiger charge is -2.19. The first-order valence-corrected chi connectivity index (χ1v) is 7.45. The van der Waals surface area contributed by atoms with Crippen LogP contribution in [0.15, 0.2) is 23.1 Å². The summed E-state index contributed by atoms with van der Waals surface area (Å²) >= 11 is 0. The predicted octanol–water partition coefficient (Wildman–Crippen LogP) is 0.520. The fourth-order valence-corrected chi connectivity index (χ4v) is 2.49. The zero-order valence-electron chi connectivity index (χ0n) is 11.0. The molecule has 1 rings (SSSR count). The third-order valence-electron chi connectivity index (χ3n) is 2.85. The molecule has 0 fully saturated rings. The lowest BCUT2D eigenvalue weighted by atomic mass is 10.3. The maximum absolute atomic E-state index is 12.0. The van der Waals surface area contributed by atoms with Crippen molar-refractivity contribution in [3.8, 4) is 0 Å². The summed E-state index contributed by atoms with van der Waals surface area (Å²) in [7, 11) is -3.22. The van der Waals surface area contributed by atoms with E-state index in [2.05, 4.69) is 0 Å². The van der Waals surface area contributed by atoms with Gasteiger partial charge in [-0.3, -0.25) is 4.79 Å². The lowest BCUT2D eigenvalue weighted by molar-refractivity contribution is 0.552. The van der Waals surface area contributed by atoms with E-state index in [0.717, 1.165) is 0 Å². The minimum Gasteiger partial charge on any atom is -0.326 e. The number of aryl methyl sites for hydroxylation is 1. The molecule has 0 amide bonds. The van der Waals surface area contributed by atoms with Crippen molar-refractivity contribution >= 4 is 9.84 Å². The van der Waals surface area contributed by atoms with E-state index < -0.39 is 14.6 Å². The van der Waals surface area contributed by atoms with Crippen molar-refractivity contribution in [2.45, 2.75) is 38.6 Å². The third-order valence-corrected chi connectivity index (χ3v) is 5.44. The highest BCUT2D eigenvalue weighted by Gasteiger charge is 2.28. The number of hydrogen-bond acceptors (Lipinski definition) is 4. The summed E-state index contributed by atoms with van der Waals surface area (Å²) in [6.07, 6.45) is 1.58. The van der Waals surface area contributed by atoms with Gasteiger partial charge in [0.1, 0.15) is 0 Å². The maximum atomic E-state index is 12.0. The Hall–Kier alpha value is -1.14. The van der Waals surface area contributed by atoms with Gasteiger partial charge < -0.3 is 10.3 Å². The minimum absolute atomic E-state index is 0.0512. The van der Waals surface area contributed by atoms with Crippen molar-refractivity contribution in [1.29, 1.82) is 0 Å². The molecule has 102 valence electrons. The van der Waals surface area contributed by atoms with Crippen LogP contribution in [-0.4, -0.2) is 23.5 Å². The summed E-state index contributed by atoms with van der Waals surface area (Å²) in [5, 5.41) is 0. The van der Waals surface area contributed by atoms with Gasteiger partial charge in [-0.2, -0.15) is 0 Å². The van der Waals surface area contributed by atoms with Crippen LogP contribution >= 0.6 is 0 Å². The van der Waals surface area contributed by atoms with E-state index >= 15 is 0 Å². The summed E-state index contributed by atoms with van der Waals surface area (Å²) in [5.41, 5.74) is 5.71. The molecule has 0 bridgehead atoms. The van der Waals surface area contributed by atoms with Crippen molar-refractivity contribution in [3.63, 3.8) is 0 Å². The second-order valence-electron chi connectivity index (χ2n) is 5.17. The monoisotopic (exact) mass is 272 g/mol. The molecule has 0 atom stereocenters. The van der Waals surface area contributed by atoms with Gasteiger partial charge in [-0.05, 0) is 26.8 Å². The van der Waals surface area contributed by atoms with E-state index in [4.69, 9.17) is 5.73 Å². The van der Waals surface area contributed by atoms with Crippen LogP contribution in [0.3, 0.4) is 0 Å². The van der Waals surface area contributed by atoms with Gasteiger partial charge in [-0.15, -0.1) is 0 Å². The summed E-state index contributed by atoms with van der Waals surface area (Å²) in [4.78, 5) is 11.9. The first-order valence-electron chi connectivity index (χ1n) is 5.80. The Bertz CT molecular complexity index is 568. The van der Waals surface area contributed by atoms with Crippen LogP contribution < -0.4 is 11.3 Å². The Morgan fingerprint density at radius 3 is 2.44 bits per heavy atom. The van der Waals surface area contributed by atoms with Crippen molar-refractivity contribution in [3.05, 3.63) is 34.2 Å². The molecule has 1 heterocycles. The van der Waals surface area contributed by atoms with Gasteiger partial charge in [-0.25, -0.2) is 8.42 Å². The fraction of sp³-hybridized carbons (Fsp3) is 0.583. The van der Waals surface area contributed by atoms with Gasteiger partial charge in [0.15, 0.2) is 9.84 Å². The highest BCUT2D eigenvalue weighted by atomic mass is 32.2. The normalized spacial score (nSPS) is 12.7. The Morgan fingerprint density at radius 1 is 1.33 bits per heavy atom. The highest BCUT2D eigenvalue weighted by molar-refractivity contribution is 7.92. The van der Waals surface area contributed by atoms with Crippen LogP contribution in [0, 0.1) is 0 Å². The van der Waals surface area contributed by atoms with Gasteiger partial charge in [0.05, 0.1) is 10.5 Å². The Morgan fingerprint density at radius 2 is 1.94 bits per heavy atom. The lowest BCUT2D eigenvalue weighted by Crippen LogP contribution is -2.34. The largest absolute Gasteiger partial charge is 0.326 e. The Labute approximate surface area is 108 Å². The molecule has 1 aromatic heterocycles. The maximum Gasteiger partial charge on any atom is 0.255 e. The molecule has 2 N–H and O–H groups in total. The van der Waals surface area contributed by atoms with E-state index in [1.54, 1.807) is 39.1 Å². The topological polar surface area (TPSA) is 82.2 Å².